The number of ketones is 1. The summed E-state index contributed by atoms with van der Waals surface area (Å²) in [4.78, 5) is 28.5. The first-order valence-electron chi connectivity index (χ1n) is 12.9. The van der Waals surface area contributed by atoms with Crippen LogP contribution in [-0.4, -0.2) is 35.5 Å². The molecule has 186 valence electrons. The van der Waals surface area contributed by atoms with Crippen molar-refractivity contribution >= 4 is 11.9 Å². The maximum Gasteiger partial charge on any atom is 0.410 e. The van der Waals surface area contributed by atoms with Crippen molar-refractivity contribution in [3.8, 4) is 17.2 Å². The molecule has 2 aliphatic heterocycles. The minimum absolute atomic E-state index is 0.00862. The van der Waals surface area contributed by atoms with E-state index in [0.717, 1.165) is 19.3 Å². The number of benzene rings is 3. The number of amides is 1. The van der Waals surface area contributed by atoms with Gasteiger partial charge in [0, 0.05) is 23.9 Å². The number of hydrogen-bond donors (Lipinski definition) is 0. The van der Waals surface area contributed by atoms with Crippen molar-refractivity contribution in [2.45, 2.75) is 50.1 Å². The minimum Gasteiger partial charge on any atom is -0.448 e. The molecule has 2 unspecified atom stereocenters. The molecular formula is C31H27FN2O3. The first kappa shape index (κ1) is 23.4. The molecule has 37 heavy (non-hydrogen) atoms. The summed E-state index contributed by atoms with van der Waals surface area (Å²) in [5.41, 5.74) is 4.94. The van der Waals surface area contributed by atoms with Crippen molar-refractivity contribution in [2.75, 3.05) is 6.61 Å². The fourth-order valence-corrected chi connectivity index (χ4v) is 6.57. The number of nitriles is 1. The molecule has 3 aromatic rings. The number of Topliss-reactive ketones (excluding diaryl/α,β-unsaturated/α-hetero) is 1. The molecule has 0 N–H and O–H groups in total. The third-order valence-electron chi connectivity index (χ3n) is 8.25. The molecule has 6 rings (SSSR count). The van der Waals surface area contributed by atoms with Crippen LogP contribution >= 0.6 is 0 Å². The van der Waals surface area contributed by atoms with E-state index in [1.54, 1.807) is 0 Å². The number of carbonyl (C=O) groups is 2. The van der Waals surface area contributed by atoms with E-state index in [4.69, 9.17) is 10.00 Å². The molecular weight excluding hydrogens is 467 g/mol. The Kier molecular flexibility index (Phi) is 6.00. The molecule has 2 atom stereocenters. The van der Waals surface area contributed by atoms with Gasteiger partial charge in [-0.3, -0.25) is 4.79 Å². The average Bonchev–Trinajstić information content (AvgIpc) is 3.24. The second-order valence-electron chi connectivity index (χ2n) is 10.3. The van der Waals surface area contributed by atoms with E-state index < -0.39 is 5.82 Å². The van der Waals surface area contributed by atoms with E-state index in [0.29, 0.717) is 12.8 Å². The lowest BCUT2D eigenvalue weighted by Crippen LogP contribution is -2.56. The van der Waals surface area contributed by atoms with Gasteiger partial charge in [0.1, 0.15) is 12.4 Å². The number of hydrogen-bond acceptors (Lipinski definition) is 4. The Balaban J connectivity index is 1.17. The number of rotatable bonds is 4. The molecule has 1 aliphatic carbocycles. The average molecular weight is 495 g/mol. The Morgan fingerprint density at radius 2 is 1.57 bits per heavy atom. The molecule has 2 saturated heterocycles. The summed E-state index contributed by atoms with van der Waals surface area (Å²) < 4.78 is 20.4. The number of fused-ring (bicyclic) bond motifs is 5. The molecule has 0 radical (unpaired) electrons. The van der Waals surface area contributed by atoms with Crippen LogP contribution in [0.25, 0.3) is 11.1 Å². The lowest BCUT2D eigenvalue weighted by Gasteiger charge is -2.47. The van der Waals surface area contributed by atoms with E-state index in [9.17, 15) is 14.0 Å². The number of piperidine rings is 2. The van der Waals surface area contributed by atoms with Crippen molar-refractivity contribution in [3.63, 3.8) is 0 Å². The predicted molar refractivity (Wildman–Crippen MR) is 137 cm³/mol. The van der Waals surface area contributed by atoms with Gasteiger partial charge in [0.25, 0.3) is 0 Å². The van der Waals surface area contributed by atoms with Gasteiger partial charge in [-0.1, -0.05) is 48.5 Å². The molecule has 2 heterocycles. The fourth-order valence-electron chi connectivity index (χ4n) is 6.57. The van der Waals surface area contributed by atoms with E-state index in [1.807, 2.05) is 35.2 Å². The van der Waals surface area contributed by atoms with Gasteiger partial charge in [0.15, 0.2) is 5.78 Å². The minimum atomic E-state index is -0.604. The number of halogens is 1. The van der Waals surface area contributed by atoms with Crippen LogP contribution in [0.15, 0.2) is 66.7 Å². The Hall–Kier alpha value is -3.98. The summed E-state index contributed by atoms with van der Waals surface area (Å²) in [7, 11) is 0. The first-order chi connectivity index (χ1) is 18.0. The second kappa shape index (κ2) is 9.48. The van der Waals surface area contributed by atoms with Gasteiger partial charge in [-0.05, 0) is 72.6 Å². The summed E-state index contributed by atoms with van der Waals surface area (Å²) in [6.07, 6.45) is 3.21. The molecule has 5 nitrogen and oxygen atoms in total. The van der Waals surface area contributed by atoms with Crippen LogP contribution in [-0.2, 0) is 4.74 Å². The third kappa shape index (κ3) is 4.09. The Bertz CT molecular complexity index is 1370. The summed E-state index contributed by atoms with van der Waals surface area (Å²) in [6.45, 7) is 0.261. The van der Waals surface area contributed by atoms with E-state index in [2.05, 4.69) is 24.3 Å². The fraction of sp³-hybridized carbons (Fsp3) is 0.323. The van der Waals surface area contributed by atoms with Gasteiger partial charge in [-0.2, -0.15) is 5.26 Å². The standard InChI is InChI=1S/C31H27FN2O3/c32-29-13-12-19(17-33)14-27(29)30(35)20-15-21-6-5-7-22(16-20)34(21)31(36)37-18-28-25-10-3-1-8-23(25)24-9-2-4-11-26(24)28/h1-4,8-14,20-22,28H,5-7,15-16,18H2. The van der Waals surface area contributed by atoms with Crippen LogP contribution in [0.2, 0.25) is 0 Å². The molecule has 2 bridgehead atoms. The highest BCUT2D eigenvalue weighted by Gasteiger charge is 2.44. The largest absolute Gasteiger partial charge is 0.448 e. The van der Waals surface area contributed by atoms with Crippen LogP contribution in [0.1, 0.15) is 65.1 Å². The monoisotopic (exact) mass is 494 g/mol. The summed E-state index contributed by atoms with van der Waals surface area (Å²) in [5, 5.41) is 9.17. The number of carbonyl (C=O) groups excluding carboxylic acids is 2. The maximum atomic E-state index is 14.5. The Morgan fingerprint density at radius 3 is 2.19 bits per heavy atom. The lowest BCUT2D eigenvalue weighted by molar-refractivity contribution is 0.00642. The van der Waals surface area contributed by atoms with Crippen molar-refractivity contribution in [3.05, 3.63) is 94.8 Å². The van der Waals surface area contributed by atoms with E-state index >= 15 is 0 Å². The SMILES string of the molecule is N#Cc1ccc(F)c(C(=O)C2CC3CCCC(C2)N3C(=O)OCC2c3ccccc3-c3ccccc32)c1. The summed E-state index contributed by atoms with van der Waals surface area (Å²) in [6, 6.07) is 22.1. The van der Waals surface area contributed by atoms with Gasteiger partial charge in [-0.15, -0.1) is 0 Å². The Morgan fingerprint density at radius 1 is 0.946 bits per heavy atom. The highest BCUT2D eigenvalue weighted by molar-refractivity contribution is 5.98. The van der Waals surface area contributed by atoms with Gasteiger partial charge >= 0.3 is 6.09 Å². The zero-order chi connectivity index (χ0) is 25.5. The Labute approximate surface area is 215 Å². The van der Waals surface area contributed by atoms with Gasteiger partial charge in [0.05, 0.1) is 17.2 Å². The predicted octanol–water partition coefficient (Wildman–Crippen LogP) is 6.46. The quantitative estimate of drug-likeness (QED) is 0.390. The lowest BCUT2D eigenvalue weighted by atomic mass is 9.75. The second-order valence-corrected chi connectivity index (χ2v) is 10.3. The van der Waals surface area contributed by atoms with Crippen LogP contribution in [0.3, 0.4) is 0 Å². The van der Waals surface area contributed by atoms with E-state index in [-0.39, 0.29) is 53.5 Å². The molecule has 1 amide bonds. The van der Waals surface area contributed by atoms with Gasteiger partial charge in [-0.25, -0.2) is 9.18 Å². The zero-order valence-corrected chi connectivity index (χ0v) is 20.4. The van der Waals surface area contributed by atoms with Crippen molar-refractivity contribution in [1.29, 1.82) is 5.26 Å². The maximum absolute atomic E-state index is 14.5. The molecule has 3 aromatic carbocycles. The summed E-state index contributed by atoms with van der Waals surface area (Å²) in [5.74, 6) is -1.27. The normalized spacial score (nSPS) is 22.1. The number of ether oxygens (including phenoxy) is 1. The molecule has 3 aliphatic rings. The topological polar surface area (TPSA) is 70.4 Å². The van der Waals surface area contributed by atoms with Gasteiger partial charge < -0.3 is 9.64 Å². The third-order valence-corrected chi connectivity index (χ3v) is 8.25. The van der Waals surface area contributed by atoms with Crippen molar-refractivity contribution < 1.29 is 18.7 Å². The number of nitrogens with zero attached hydrogens (tertiary/aromatic N) is 2. The van der Waals surface area contributed by atoms with E-state index in [1.165, 1.54) is 40.5 Å². The first-order valence-corrected chi connectivity index (χ1v) is 12.9. The van der Waals surface area contributed by atoms with Crippen LogP contribution in [0.4, 0.5) is 9.18 Å². The molecule has 6 heteroatoms. The highest BCUT2D eigenvalue weighted by atomic mass is 19.1. The van der Waals surface area contributed by atoms with Crippen LogP contribution in [0.5, 0.6) is 0 Å². The van der Waals surface area contributed by atoms with Crippen molar-refractivity contribution in [2.24, 2.45) is 5.92 Å². The summed E-state index contributed by atoms with van der Waals surface area (Å²) >= 11 is 0. The van der Waals surface area contributed by atoms with Gasteiger partial charge in [0.2, 0.25) is 0 Å². The highest BCUT2D eigenvalue weighted by Crippen LogP contribution is 2.45. The smallest absolute Gasteiger partial charge is 0.410 e. The van der Waals surface area contributed by atoms with Crippen LogP contribution in [0, 0.1) is 23.1 Å². The van der Waals surface area contributed by atoms with Crippen LogP contribution < -0.4 is 0 Å². The molecule has 0 spiro atoms. The molecule has 0 aromatic heterocycles. The zero-order valence-electron chi connectivity index (χ0n) is 20.4. The molecule has 2 fully saturated rings. The molecule has 0 saturated carbocycles. The van der Waals surface area contributed by atoms with Crippen molar-refractivity contribution in [1.82, 2.24) is 4.90 Å².